The summed E-state index contributed by atoms with van der Waals surface area (Å²) >= 11 is 0. The van der Waals surface area contributed by atoms with Gasteiger partial charge < -0.3 is 0 Å². The van der Waals surface area contributed by atoms with Crippen LogP contribution in [0.5, 0.6) is 0 Å². The fourth-order valence-electron chi connectivity index (χ4n) is 2.78. The van der Waals surface area contributed by atoms with Gasteiger partial charge in [-0.1, -0.05) is 6.92 Å². The molecule has 0 amide bonds. The minimum Gasteiger partial charge on any atom is -0.298 e. The molecule has 102 valence electrons. The van der Waals surface area contributed by atoms with Gasteiger partial charge in [0.15, 0.2) is 17.3 Å². The van der Waals surface area contributed by atoms with Crippen LogP contribution in [0.1, 0.15) is 43.4 Å². The van der Waals surface area contributed by atoms with Gasteiger partial charge >= 0.3 is 0 Å². The molecule has 1 aliphatic carbocycles. The lowest BCUT2D eigenvalue weighted by atomic mass is 9.75. The number of carbonyl (C=O) groups is 3. The lowest BCUT2D eigenvalue weighted by Crippen LogP contribution is -2.37. The van der Waals surface area contributed by atoms with Gasteiger partial charge in [0.2, 0.25) is 0 Å². The Morgan fingerprint density at radius 3 is 2.37 bits per heavy atom. The number of rotatable bonds is 3. The van der Waals surface area contributed by atoms with E-state index in [1.807, 2.05) is 20.2 Å². The molecule has 1 heterocycles. The van der Waals surface area contributed by atoms with Crippen molar-refractivity contribution in [3.63, 3.8) is 0 Å². The van der Waals surface area contributed by atoms with Crippen molar-refractivity contribution in [2.45, 2.75) is 39.0 Å². The van der Waals surface area contributed by atoms with E-state index in [4.69, 9.17) is 0 Å². The molecule has 0 spiro atoms. The molecule has 5 nitrogen and oxygen atoms in total. The molecule has 1 aliphatic rings. The van der Waals surface area contributed by atoms with E-state index >= 15 is 0 Å². The molecule has 5 heteroatoms. The quantitative estimate of drug-likeness (QED) is 0.771. The van der Waals surface area contributed by atoms with Crippen LogP contribution in [0.4, 0.5) is 0 Å². The number of aryl methyl sites for hydroxylation is 2. The van der Waals surface area contributed by atoms with Crippen LogP contribution in [-0.2, 0) is 21.4 Å². The molecule has 0 saturated heterocycles. The van der Waals surface area contributed by atoms with E-state index in [2.05, 4.69) is 5.10 Å². The Morgan fingerprint density at radius 2 is 1.95 bits per heavy atom. The third kappa shape index (κ3) is 2.50. The van der Waals surface area contributed by atoms with E-state index in [1.54, 1.807) is 11.6 Å². The second kappa shape index (κ2) is 5.07. The summed E-state index contributed by atoms with van der Waals surface area (Å²) in [6, 6.07) is 0. The predicted octanol–water partition coefficient (Wildman–Crippen LogP) is 1.34. The van der Waals surface area contributed by atoms with Gasteiger partial charge in [-0.25, -0.2) is 0 Å². The van der Waals surface area contributed by atoms with E-state index in [1.165, 1.54) is 0 Å². The summed E-state index contributed by atoms with van der Waals surface area (Å²) in [5, 5.41) is 4.23. The van der Waals surface area contributed by atoms with Gasteiger partial charge in [0.25, 0.3) is 0 Å². The van der Waals surface area contributed by atoms with Crippen LogP contribution in [0.25, 0.3) is 0 Å². The van der Waals surface area contributed by atoms with E-state index in [-0.39, 0.29) is 42.5 Å². The van der Waals surface area contributed by atoms with Crippen molar-refractivity contribution >= 4 is 17.3 Å². The minimum atomic E-state index is -1.02. The highest BCUT2D eigenvalue weighted by atomic mass is 16.2. The van der Waals surface area contributed by atoms with Crippen molar-refractivity contribution in [1.82, 2.24) is 9.78 Å². The Balaban J connectivity index is 2.22. The van der Waals surface area contributed by atoms with Gasteiger partial charge in [0.1, 0.15) is 5.92 Å². The molecule has 0 N–H and O–H groups in total. The van der Waals surface area contributed by atoms with Crippen molar-refractivity contribution in [3.8, 4) is 0 Å². The van der Waals surface area contributed by atoms with Gasteiger partial charge in [-0.2, -0.15) is 5.10 Å². The second-order valence-corrected chi connectivity index (χ2v) is 5.13. The summed E-state index contributed by atoms with van der Waals surface area (Å²) in [7, 11) is 1.81. The van der Waals surface area contributed by atoms with Crippen LogP contribution in [0.15, 0.2) is 6.20 Å². The lowest BCUT2D eigenvalue weighted by molar-refractivity contribution is -0.142. The number of Topliss-reactive ketones (excluding diaryl/α,β-unsaturated/α-hetero) is 3. The standard InChI is InChI=1S/C14H18N2O3/c1-4-11(17)14-12(18)5-9(6-13(14)19)10-7-16(3)15-8(10)2/h7,9,14H,4-6H2,1-3H3. The highest BCUT2D eigenvalue weighted by Gasteiger charge is 2.40. The van der Waals surface area contributed by atoms with Gasteiger partial charge in [-0.05, 0) is 12.5 Å². The first-order valence-electron chi connectivity index (χ1n) is 6.52. The Hall–Kier alpha value is -1.78. The number of carbonyl (C=O) groups excluding carboxylic acids is 3. The topological polar surface area (TPSA) is 69.0 Å². The summed E-state index contributed by atoms with van der Waals surface area (Å²) < 4.78 is 1.68. The average molecular weight is 262 g/mol. The number of hydrogen-bond donors (Lipinski definition) is 0. The van der Waals surface area contributed by atoms with E-state index in [9.17, 15) is 14.4 Å². The Morgan fingerprint density at radius 1 is 1.37 bits per heavy atom. The fourth-order valence-corrected chi connectivity index (χ4v) is 2.78. The number of ketones is 3. The Bertz CT molecular complexity index is 527. The van der Waals surface area contributed by atoms with Crippen LogP contribution in [0.2, 0.25) is 0 Å². The van der Waals surface area contributed by atoms with Crippen LogP contribution >= 0.6 is 0 Å². The van der Waals surface area contributed by atoms with Crippen molar-refractivity contribution in [2.24, 2.45) is 13.0 Å². The third-order valence-electron chi connectivity index (χ3n) is 3.70. The molecular formula is C14H18N2O3. The first-order chi connectivity index (χ1) is 8.93. The molecule has 0 atom stereocenters. The van der Waals surface area contributed by atoms with Gasteiger partial charge in [0, 0.05) is 38.4 Å². The monoisotopic (exact) mass is 262 g/mol. The number of nitrogens with zero attached hydrogens (tertiary/aromatic N) is 2. The molecule has 0 bridgehead atoms. The van der Waals surface area contributed by atoms with Crippen molar-refractivity contribution in [1.29, 1.82) is 0 Å². The van der Waals surface area contributed by atoms with Gasteiger partial charge in [-0.15, -0.1) is 0 Å². The number of aromatic nitrogens is 2. The molecule has 0 unspecified atom stereocenters. The fraction of sp³-hybridized carbons (Fsp3) is 0.571. The normalized spacial score (nSPS) is 23.7. The van der Waals surface area contributed by atoms with Gasteiger partial charge in [0.05, 0.1) is 5.69 Å². The van der Waals surface area contributed by atoms with Crippen molar-refractivity contribution in [3.05, 3.63) is 17.5 Å². The maximum atomic E-state index is 12.0. The molecule has 1 aromatic heterocycles. The van der Waals surface area contributed by atoms with Crippen molar-refractivity contribution < 1.29 is 14.4 Å². The first-order valence-corrected chi connectivity index (χ1v) is 6.52. The summed E-state index contributed by atoms with van der Waals surface area (Å²) in [5.74, 6) is -1.88. The average Bonchev–Trinajstić information content (AvgIpc) is 2.67. The van der Waals surface area contributed by atoms with E-state index in [0.29, 0.717) is 0 Å². The van der Waals surface area contributed by atoms with E-state index < -0.39 is 5.92 Å². The zero-order valence-corrected chi connectivity index (χ0v) is 11.5. The number of hydrogen-bond acceptors (Lipinski definition) is 4. The SMILES string of the molecule is CCC(=O)C1C(=O)CC(c2cn(C)nc2C)CC1=O. The largest absolute Gasteiger partial charge is 0.298 e. The maximum absolute atomic E-state index is 12.0. The Labute approximate surface area is 112 Å². The van der Waals surface area contributed by atoms with Crippen LogP contribution in [0, 0.1) is 12.8 Å². The summed E-state index contributed by atoms with van der Waals surface area (Å²) in [6.07, 6.45) is 2.60. The highest BCUT2D eigenvalue weighted by Crippen LogP contribution is 2.33. The summed E-state index contributed by atoms with van der Waals surface area (Å²) in [6.45, 7) is 3.55. The molecule has 1 aromatic rings. The Kier molecular flexibility index (Phi) is 3.64. The van der Waals surface area contributed by atoms with Gasteiger partial charge in [-0.3, -0.25) is 19.1 Å². The lowest BCUT2D eigenvalue weighted by Gasteiger charge is -2.25. The third-order valence-corrected chi connectivity index (χ3v) is 3.70. The smallest absolute Gasteiger partial charge is 0.151 e. The van der Waals surface area contributed by atoms with Crippen LogP contribution in [0.3, 0.4) is 0 Å². The molecule has 0 aliphatic heterocycles. The molecule has 19 heavy (non-hydrogen) atoms. The summed E-state index contributed by atoms with van der Waals surface area (Å²) in [4.78, 5) is 35.7. The first kappa shape index (κ1) is 13.6. The molecule has 2 rings (SSSR count). The predicted molar refractivity (Wildman–Crippen MR) is 68.7 cm³/mol. The molecule has 0 radical (unpaired) electrons. The zero-order valence-electron chi connectivity index (χ0n) is 11.5. The summed E-state index contributed by atoms with van der Waals surface area (Å²) in [5.41, 5.74) is 1.78. The second-order valence-electron chi connectivity index (χ2n) is 5.13. The highest BCUT2D eigenvalue weighted by molar-refractivity contribution is 6.20. The zero-order chi connectivity index (χ0) is 14.2. The van der Waals surface area contributed by atoms with Crippen LogP contribution < -0.4 is 0 Å². The maximum Gasteiger partial charge on any atom is 0.151 e. The van der Waals surface area contributed by atoms with Crippen LogP contribution in [-0.4, -0.2) is 27.1 Å². The van der Waals surface area contributed by atoms with E-state index in [0.717, 1.165) is 11.3 Å². The van der Waals surface area contributed by atoms with Crippen molar-refractivity contribution in [2.75, 3.05) is 0 Å². The molecule has 1 fully saturated rings. The molecular weight excluding hydrogens is 244 g/mol. The minimum absolute atomic E-state index is 0.130. The molecule has 0 aromatic carbocycles. The molecule has 1 saturated carbocycles.